The summed E-state index contributed by atoms with van der Waals surface area (Å²) in [6.45, 7) is 0. The van der Waals surface area contributed by atoms with E-state index in [1.54, 1.807) is 0 Å². The number of hydrogen-bond acceptors (Lipinski definition) is 0. The van der Waals surface area contributed by atoms with Crippen LogP contribution in [0.3, 0.4) is 0 Å². The van der Waals surface area contributed by atoms with Crippen LogP contribution in [0.25, 0.3) is 104 Å². The first-order chi connectivity index (χ1) is 27.3. The van der Waals surface area contributed by atoms with Gasteiger partial charge in [0.15, 0.2) is 0 Å². The molecule has 0 amide bonds. The monoisotopic (exact) mass is 699 g/mol. The highest BCUT2D eigenvalue weighted by atomic mass is 15.0. The Labute approximate surface area is 317 Å². The van der Waals surface area contributed by atoms with Crippen molar-refractivity contribution in [2.24, 2.45) is 0 Å². The minimum Gasteiger partial charge on any atom is -0.309 e. The van der Waals surface area contributed by atoms with E-state index in [0.29, 0.717) is 0 Å². The summed E-state index contributed by atoms with van der Waals surface area (Å²) in [5.74, 6) is 0. The fourth-order valence-corrected chi connectivity index (χ4v) is 9.20. The van der Waals surface area contributed by atoms with Gasteiger partial charge in [-0.3, -0.25) is 0 Å². The molecular weight excluding hydrogens is 667 g/mol. The molecule has 12 rings (SSSR count). The summed E-state index contributed by atoms with van der Waals surface area (Å²) in [6.07, 6.45) is 0. The van der Waals surface area contributed by atoms with E-state index < -0.39 is 0 Å². The molecule has 0 aliphatic carbocycles. The lowest BCUT2D eigenvalue weighted by molar-refractivity contribution is 1.17. The van der Waals surface area contributed by atoms with Crippen molar-refractivity contribution in [3.63, 3.8) is 0 Å². The Balaban J connectivity index is 1.10. The van der Waals surface area contributed by atoms with Crippen molar-refractivity contribution in [3.05, 3.63) is 200 Å². The van der Waals surface area contributed by atoms with Gasteiger partial charge in [-0.05, 0) is 88.6 Å². The lowest BCUT2D eigenvalue weighted by Crippen LogP contribution is -1.96. The van der Waals surface area contributed by atoms with E-state index in [0.717, 1.165) is 11.4 Å². The third-order valence-corrected chi connectivity index (χ3v) is 11.6. The maximum Gasteiger partial charge on any atom is 0.0641 e. The highest BCUT2D eigenvalue weighted by Crippen LogP contribution is 2.43. The zero-order chi connectivity index (χ0) is 36.0. The number of benzene rings is 9. The molecule has 0 saturated carbocycles. The Bertz CT molecular complexity index is 3490. The summed E-state index contributed by atoms with van der Waals surface area (Å²) in [5, 5.41) is 10.0. The number of para-hydroxylation sites is 4. The van der Waals surface area contributed by atoms with Crippen LogP contribution in [0.5, 0.6) is 0 Å². The quantitative estimate of drug-likeness (QED) is 0.174. The van der Waals surface area contributed by atoms with E-state index in [2.05, 4.69) is 214 Å². The van der Waals surface area contributed by atoms with Gasteiger partial charge in [-0.25, -0.2) is 0 Å². The molecule has 0 spiro atoms. The molecule has 0 aliphatic heterocycles. The van der Waals surface area contributed by atoms with Crippen LogP contribution in [0.2, 0.25) is 0 Å². The molecule has 12 aromatic rings. The van der Waals surface area contributed by atoms with Gasteiger partial charge in [-0.1, -0.05) is 133 Å². The predicted molar refractivity (Wildman–Crippen MR) is 232 cm³/mol. The van der Waals surface area contributed by atoms with Crippen molar-refractivity contribution < 1.29 is 0 Å². The molecule has 55 heavy (non-hydrogen) atoms. The Morgan fingerprint density at radius 1 is 0.255 bits per heavy atom. The molecule has 0 saturated heterocycles. The van der Waals surface area contributed by atoms with E-state index in [1.807, 2.05) is 0 Å². The maximum absolute atomic E-state index is 2.48. The summed E-state index contributed by atoms with van der Waals surface area (Å²) < 4.78 is 7.33. The molecule has 0 fully saturated rings. The SMILES string of the molecule is c1ccc(-n2c3ccccc3c3ccc(-c4cccc(-n5c6ccccc6c6c5ccc5c7ccccc7n(-c7ccc8ccccc8c7)c56)c4)cc32)cc1. The normalized spacial score (nSPS) is 12.0. The van der Waals surface area contributed by atoms with Crippen LogP contribution in [-0.2, 0) is 0 Å². The smallest absolute Gasteiger partial charge is 0.0641 e. The van der Waals surface area contributed by atoms with Crippen LogP contribution in [-0.4, -0.2) is 13.7 Å². The zero-order valence-electron chi connectivity index (χ0n) is 29.9. The first-order valence-corrected chi connectivity index (χ1v) is 18.9. The Morgan fingerprint density at radius 2 is 0.818 bits per heavy atom. The Morgan fingerprint density at radius 3 is 1.64 bits per heavy atom. The second-order valence-corrected chi connectivity index (χ2v) is 14.6. The van der Waals surface area contributed by atoms with Crippen molar-refractivity contribution in [1.82, 2.24) is 13.7 Å². The van der Waals surface area contributed by atoms with Crippen molar-refractivity contribution in [2.45, 2.75) is 0 Å². The molecule has 0 N–H and O–H groups in total. The fraction of sp³-hybridized carbons (Fsp3) is 0. The third kappa shape index (κ3) is 4.38. The van der Waals surface area contributed by atoms with Crippen molar-refractivity contribution in [3.8, 4) is 28.2 Å². The van der Waals surface area contributed by atoms with Gasteiger partial charge in [-0.2, -0.15) is 0 Å². The fourth-order valence-electron chi connectivity index (χ4n) is 9.20. The molecule has 3 heteroatoms. The molecule has 9 aromatic carbocycles. The maximum atomic E-state index is 2.48. The van der Waals surface area contributed by atoms with Gasteiger partial charge in [0.05, 0.1) is 33.1 Å². The average molecular weight is 700 g/mol. The highest BCUT2D eigenvalue weighted by Gasteiger charge is 2.21. The van der Waals surface area contributed by atoms with E-state index in [1.165, 1.54) is 93.0 Å². The molecule has 0 bridgehead atoms. The van der Waals surface area contributed by atoms with Crippen LogP contribution >= 0.6 is 0 Å². The minimum atomic E-state index is 1.14. The predicted octanol–water partition coefficient (Wildman–Crippen LogP) is 13.8. The number of hydrogen-bond donors (Lipinski definition) is 0. The summed E-state index contributed by atoms with van der Waals surface area (Å²) in [5.41, 5.74) is 13.1. The zero-order valence-corrected chi connectivity index (χ0v) is 29.9. The van der Waals surface area contributed by atoms with E-state index in [-0.39, 0.29) is 0 Å². The van der Waals surface area contributed by atoms with Crippen LogP contribution in [0.1, 0.15) is 0 Å². The van der Waals surface area contributed by atoms with Gasteiger partial charge >= 0.3 is 0 Å². The first kappa shape index (κ1) is 30.1. The van der Waals surface area contributed by atoms with E-state index in [9.17, 15) is 0 Å². The largest absolute Gasteiger partial charge is 0.309 e. The van der Waals surface area contributed by atoms with Gasteiger partial charge in [0.2, 0.25) is 0 Å². The molecule has 0 radical (unpaired) electrons. The van der Waals surface area contributed by atoms with Gasteiger partial charge in [0.1, 0.15) is 0 Å². The molecule has 256 valence electrons. The molecule has 0 aliphatic rings. The van der Waals surface area contributed by atoms with Gasteiger partial charge in [0.25, 0.3) is 0 Å². The summed E-state index contributed by atoms with van der Waals surface area (Å²) in [7, 11) is 0. The number of aromatic nitrogens is 3. The third-order valence-electron chi connectivity index (χ3n) is 11.6. The van der Waals surface area contributed by atoms with Crippen molar-refractivity contribution in [2.75, 3.05) is 0 Å². The Kier molecular flexibility index (Phi) is 6.34. The van der Waals surface area contributed by atoms with Gasteiger partial charge in [-0.15, -0.1) is 0 Å². The first-order valence-electron chi connectivity index (χ1n) is 18.9. The topological polar surface area (TPSA) is 14.8 Å². The molecule has 0 unspecified atom stereocenters. The molecule has 0 atom stereocenters. The van der Waals surface area contributed by atoms with Crippen LogP contribution in [0.15, 0.2) is 200 Å². The number of fused-ring (bicyclic) bond motifs is 11. The summed E-state index contributed by atoms with van der Waals surface area (Å²) in [6, 6.07) is 73.2. The second-order valence-electron chi connectivity index (χ2n) is 14.6. The number of nitrogens with zero attached hydrogens (tertiary/aromatic N) is 3. The lowest BCUT2D eigenvalue weighted by Gasteiger charge is -2.12. The van der Waals surface area contributed by atoms with Gasteiger partial charge in [0, 0.05) is 49.4 Å². The van der Waals surface area contributed by atoms with E-state index >= 15 is 0 Å². The lowest BCUT2D eigenvalue weighted by atomic mass is 10.0. The number of rotatable bonds is 4. The Hall–Kier alpha value is -7.36. The summed E-state index contributed by atoms with van der Waals surface area (Å²) >= 11 is 0. The van der Waals surface area contributed by atoms with Crippen LogP contribution < -0.4 is 0 Å². The van der Waals surface area contributed by atoms with Gasteiger partial charge < -0.3 is 13.7 Å². The molecule has 3 aromatic heterocycles. The standard InChI is InChI=1S/C52H33N3/c1-2-16-38(17-3-1)53-46-22-9-6-19-41(46)43-28-26-37(33-50(43)53)36-15-12-18-39(32-36)54-48-24-11-8-21-45(48)51-49(54)30-29-44-42-20-7-10-23-47(42)55(52(44)51)40-27-25-34-13-4-5-14-35(34)31-40/h1-33H. The average Bonchev–Trinajstić information content (AvgIpc) is 3.89. The van der Waals surface area contributed by atoms with Crippen LogP contribution in [0, 0.1) is 0 Å². The molecule has 3 nitrogen and oxygen atoms in total. The molecule has 3 heterocycles. The summed E-state index contributed by atoms with van der Waals surface area (Å²) in [4.78, 5) is 0. The van der Waals surface area contributed by atoms with Crippen molar-refractivity contribution >= 4 is 76.2 Å². The second kappa shape index (κ2) is 11.6. The molecular formula is C52H33N3. The highest BCUT2D eigenvalue weighted by molar-refractivity contribution is 6.26. The van der Waals surface area contributed by atoms with Crippen molar-refractivity contribution in [1.29, 1.82) is 0 Å². The minimum absolute atomic E-state index is 1.14. The van der Waals surface area contributed by atoms with E-state index in [4.69, 9.17) is 0 Å². The van der Waals surface area contributed by atoms with Crippen LogP contribution in [0.4, 0.5) is 0 Å².